The number of carbonyl (C=O) groups is 1. The molecular weight excluding hydrogens is 260 g/mol. The van der Waals surface area contributed by atoms with Crippen molar-refractivity contribution in [1.82, 2.24) is 9.78 Å². The molecule has 3 heteroatoms. The topological polar surface area (TPSA) is 34.9 Å². The number of ketones is 1. The normalized spacial score (nSPS) is 10.6. The van der Waals surface area contributed by atoms with Crippen molar-refractivity contribution in [2.24, 2.45) is 0 Å². The van der Waals surface area contributed by atoms with Gasteiger partial charge in [0.2, 0.25) is 0 Å². The lowest BCUT2D eigenvalue weighted by Crippen LogP contribution is -2.05. The molecule has 2 aromatic carbocycles. The van der Waals surface area contributed by atoms with Crippen LogP contribution in [0.25, 0.3) is 5.69 Å². The first-order valence-corrected chi connectivity index (χ1v) is 6.90. The summed E-state index contributed by atoms with van der Waals surface area (Å²) in [7, 11) is 0. The van der Waals surface area contributed by atoms with Gasteiger partial charge in [0.15, 0.2) is 5.78 Å². The molecule has 1 aromatic heterocycles. The maximum absolute atomic E-state index is 12.7. The van der Waals surface area contributed by atoms with Crippen molar-refractivity contribution in [2.75, 3.05) is 0 Å². The van der Waals surface area contributed by atoms with Crippen molar-refractivity contribution < 1.29 is 4.79 Å². The quantitative estimate of drug-likeness (QED) is 0.683. The van der Waals surface area contributed by atoms with E-state index in [1.54, 1.807) is 0 Å². The van der Waals surface area contributed by atoms with Gasteiger partial charge in [0.25, 0.3) is 0 Å². The Morgan fingerprint density at radius 2 is 1.48 bits per heavy atom. The molecule has 21 heavy (non-hydrogen) atoms. The highest BCUT2D eigenvalue weighted by Gasteiger charge is 2.20. The van der Waals surface area contributed by atoms with Crippen LogP contribution in [0.3, 0.4) is 0 Å². The van der Waals surface area contributed by atoms with Gasteiger partial charge in [0.1, 0.15) is 0 Å². The van der Waals surface area contributed by atoms with Crippen molar-refractivity contribution in [3.63, 3.8) is 0 Å². The van der Waals surface area contributed by atoms with Gasteiger partial charge >= 0.3 is 0 Å². The summed E-state index contributed by atoms with van der Waals surface area (Å²) in [5, 5.41) is 4.52. The number of rotatable bonds is 3. The molecule has 0 aliphatic heterocycles. The minimum Gasteiger partial charge on any atom is -0.288 e. The molecule has 0 radical (unpaired) electrons. The van der Waals surface area contributed by atoms with E-state index in [1.165, 1.54) is 0 Å². The third-order valence-electron chi connectivity index (χ3n) is 3.56. The average molecular weight is 276 g/mol. The predicted octanol–water partition coefficient (Wildman–Crippen LogP) is 3.72. The molecule has 0 atom stereocenters. The van der Waals surface area contributed by atoms with Gasteiger partial charge in [-0.3, -0.25) is 4.79 Å². The van der Waals surface area contributed by atoms with Gasteiger partial charge < -0.3 is 0 Å². The van der Waals surface area contributed by atoms with Crippen molar-refractivity contribution in [1.29, 1.82) is 0 Å². The number of para-hydroxylation sites is 1. The molecule has 0 spiro atoms. The number of aryl methyl sites for hydroxylation is 1. The standard InChI is InChI=1S/C18H16N2O/c1-13-17(18(21)15-9-5-3-6-10-15)14(2)20(19-13)16-11-7-4-8-12-16/h3-12H,1-2H3. The first-order valence-electron chi connectivity index (χ1n) is 6.90. The van der Waals surface area contributed by atoms with Crippen molar-refractivity contribution in [2.45, 2.75) is 13.8 Å². The largest absolute Gasteiger partial charge is 0.288 e. The van der Waals surface area contributed by atoms with Crippen LogP contribution in [0, 0.1) is 13.8 Å². The highest BCUT2D eigenvalue weighted by molar-refractivity contribution is 6.10. The van der Waals surface area contributed by atoms with Gasteiger partial charge in [-0.25, -0.2) is 4.68 Å². The van der Waals surface area contributed by atoms with Gasteiger partial charge in [0.05, 0.1) is 22.6 Å². The van der Waals surface area contributed by atoms with Gasteiger partial charge in [-0.1, -0.05) is 48.5 Å². The van der Waals surface area contributed by atoms with Crippen LogP contribution >= 0.6 is 0 Å². The number of carbonyl (C=O) groups excluding carboxylic acids is 1. The Hall–Kier alpha value is -2.68. The van der Waals surface area contributed by atoms with E-state index in [0.29, 0.717) is 11.1 Å². The predicted molar refractivity (Wildman–Crippen MR) is 82.9 cm³/mol. The lowest BCUT2D eigenvalue weighted by molar-refractivity contribution is 0.103. The van der Waals surface area contributed by atoms with Crippen LogP contribution in [0.2, 0.25) is 0 Å². The summed E-state index contributed by atoms with van der Waals surface area (Å²) in [4.78, 5) is 12.7. The Bertz CT molecular complexity index is 774. The molecule has 0 fully saturated rings. The summed E-state index contributed by atoms with van der Waals surface area (Å²) >= 11 is 0. The molecule has 0 saturated heterocycles. The fraction of sp³-hybridized carbons (Fsp3) is 0.111. The summed E-state index contributed by atoms with van der Waals surface area (Å²) in [6.07, 6.45) is 0. The maximum atomic E-state index is 12.7. The molecule has 0 saturated carbocycles. The molecule has 0 N–H and O–H groups in total. The van der Waals surface area contributed by atoms with E-state index in [9.17, 15) is 4.79 Å². The number of aromatic nitrogens is 2. The summed E-state index contributed by atoms with van der Waals surface area (Å²) in [6, 6.07) is 19.2. The molecule has 0 aliphatic carbocycles. The van der Waals surface area contributed by atoms with Crippen LogP contribution in [0.5, 0.6) is 0 Å². The van der Waals surface area contributed by atoms with Crippen LogP contribution in [-0.2, 0) is 0 Å². The van der Waals surface area contributed by atoms with Crippen LogP contribution in [0.4, 0.5) is 0 Å². The summed E-state index contributed by atoms with van der Waals surface area (Å²) in [5.74, 6) is 0.0211. The fourth-order valence-electron chi connectivity index (χ4n) is 2.53. The highest BCUT2D eigenvalue weighted by Crippen LogP contribution is 2.20. The lowest BCUT2D eigenvalue weighted by atomic mass is 10.0. The fourth-order valence-corrected chi connectivity index (χ4v) is 2.53. The van der Waals surface area contributed by atoms with Gasteiger partial charge in [0, 0.05) is 5.56 Å². The van der Waals surface area contributed by atoms with Gasteiger partial charge in [-0.05, 0) is 26.0 Å². The smallest absolute Gasteiger partial charge is 0.196 e. The van der Waals surface area contributed by atoms with E-state index in [1.807, 2.05) is 79.2 Å². The monoisotopic (exact) mass is 276 g/mol. The van der Waals surface area contributed by atoms with E-state index >= 15 is 0 Å². The van der Waals surface area contributed by atoms with Crippen LogP contribution in [-0.4, -0.2) is 15.6 Å². The molecule has 1 heterocycles. The maximum Gasteiger partial charge on any atom is 0.196 e. The Labute approximate surface area is 123 Å². The summed E-state index contributed by atoms with van der Waals surface area (Å²) in [5.41, 5.74) is 3.96. The Kier molecular flexibility index (Phi) is 3.40. The zero-order valence-corrected chi connectivity index (χ0v) is 12.1. The number of hydrogen-bond acceptors (Lipinski definition) is 2. The van der Waals surface area contributed by atoms with Gasteiger partial charge in [-0.15, -0.1) is 0 Å². The SMILES string of the molecule is Cc1nn(-c2ccccc2)c(C)c1C(=O)c1ccccc1. The molecule has 3 aromatic rings. The average Bonchev–Trinajstić information content (AvgIpc) is 2.83. The van der Waals surface area contributed by atoms with E-state index < -0.39 is 0 Å². The molecule has 0 amide bonds. The third-order valence-corrected chi connectivity index (χ3v) is 3.56. The minimum absolute atomic E-state index is 0.0211. The molecule has 3 rings (SSSR count). The van der Waals surface area contributed by atoms with Crippen LogP contribution in [0.15, 0.2) is 60.7 Å². The molecule has 0 aliphatic rings. The van der Waals surface area contributed by atoms with Crippen molar-refractivity contribution in [3.8, 4) is 5.69 Å². The molecular formula is C18H16N2O. The third kappa shape index (κ3) is 2.38. The highest BCUT2D eigenvalue weighted by atomic mass is 16.1. The Morgan fingerprint density at radius 1 is 0.905 bits per heavy atom. The Morgan fingerprint density at radius 3 is 2.10 bits per heavy atom. The van der Waals surface area contributed by atoms with Crippen molar-refractivity contribution in [3.05, 3.63) is 83.2 Å². The second-order valence-electron chi connectivity index (χ2n) is 4.99. The van der Waals surface area contributed by atoms with E-state index in [4.69, 9.17) is 0 Å². The van der Waals surface area contributed by atoms with Gasteiger partial charge in [-0.2, -0.15) is 5.10 Å². The van der Waals surface area contributed by atoms with E-state index in [0.717, 1.165) is 17.1 Å². The first kappa shape index (κ1) is 13.3. The number of hydrogen-bond donors (Lipinski definition) is 0. The molecule has 104 valence electrons. The zero-order chi connectivity index (χ0) is 14.8. The lowest BCUT2D eigenvalue weighted by Gasteiger charge is -2.05. The molecule has 0 unspecified atom stereocenters. The molecule has 0 bridgehead atoms. The summed E-state index contributed by atoms with van der Waals surface area (Å²) < 4.78 is 1.82. The zero-order valence-electron chi connectivity index (χ0n) is 12.1. The van der Waals surface area contributed by atoms with E-state index in [2.05, 4.69) is 5.10 Å². The Balaban J connectivity index is 2.09. The second kappa shape index (κ2) is 5.37. The number of benzene rings is 2. The molecule has 3 nitrogen and oxygen atoms in total. The summed E-state index contributed by atoms with van der Waals surface area (Å²) in [6.45, 7) is 3.81. The van der Waals surface area contributed by atoms with Crippen LogP contribution in [0.1, 0.15) is 27.3 Å². The van der Waals surface area contributed by atoms with E-state index in [-0.39, 0.29) is 5.78 Å². The van der Waals surface area contributed by atoms with Crippen molar-refractivity contribution >= 4 is 5.78 Å². The van der Waals surface area contributed by atoms with Crippen LogP contribution < -0.4 is 0 Å². The second-order valence-corrected chi connectivity index (χ2v) is 4.99. The minimum atomic E-state index is 0.0211. The number of nitrogens with zero attached hydrogens (tertiary/aromatic N) is 2. The first-order chi connectivity index (χ1) is 10.2.